The van der Waals surface area contributed by atoms with Gasteiger partial charge in [-0.25, -0.2) is 0 Å². The van der Waals surface area contributed by atoms with Gasteiger partial charge in [-0.3, -0.25) is 4.98 Å². The number of aliphatic hydroxyl groups is 1. The minimum Gasteiger partial charge on any atom is -0.497 e. The minimum atomic E-state index is -0.497. The van der Waals surface area contributed by atoms with Gasteiger partial charge >= 0.3 is 0 Å². The molecule has 3 nitrogen and oxygen atoms in total. The molecule has 1 heterocycles. The second-order valence-corrected chi connectivity index (χ2v) is 3.85. The first-order valence-corrected chi connectivity index (χ1v) is 5.50. The summed E-state index contributed by atoms with van der Waals surface area (Å²) in [4.78, 5) is 3.95. The average Bonchev–Trinajstić information content (AvgIpc) is 2.40. The normalized spacial score (nSPS) is 12.1. The van der Waals surface area contributed by atoms with Crippen LogP contribution in [0.5, 0.6) is 5.75 Å². The number of ether oxygens (including phenoxy) is 1. The van der Waals surface area contributed by atoms with Crippen LogP contribution >= 0.6 is 0 Å². The molecule has 0 aliphatic rings. The summed E-state index contributed by atoms with van der Waals surface area (Å²) in [7, 11) is 1.63. The van der Waals surface area contributed by atoms with E-state index in [2.05, 4.69) is 4.98 Å². The molecule has 0 spiro atoms. The Kier molecular flexibility index (Phi) is 3.73. The van der Waals surface area contributed by atoms with Gasteiger partial charge in [-0.1, -0.05) is 12.1 Å². The predicted octanol–water partition coefficient (Wildman–Crippen LogP) is 2.37. The van der Waals surface area contributed by atoms with E-state index in [9.17, 15) is 5.11 Å². The molecule has 0 aliphatic carbocycles. The summed E-state index contributed by atoms with van der Waals surface area (Å²) >= 11 is 0. The standard InChI is InChI=1S/C14H15NO2/c1-17-13-4-2-12(3-5-13)14(16)10-11-6-8-15-9-7-11/h2-9,14,16H,10H2,1H3. The van der Waals surface area contributed by atoms with Gasteiger partial charge < -0.3 is 9.84 Å². The quantitative estimate of drug-likeness (QED) is 0.875. The number of hydrogen-bond donors (Lipinski definition) is 1. The van der Waals surface area contributed by atoms with E-state index in [-0.39, 0.29) is 0 Å². The number of nitrogens with zero attached hydrogens (tertiary/aromatic N) is 1. The Hall–Kier alpha value is -1.87. The Morgan fingerprint density at radius 3 is 2.35 bits per heavy atom. The van der Waals surface area contributed by atoms with Crippen molar-refractivity contribution >= 4 is 0 Å². The van der Waals surface area contributed by atoms with Crippen LogP contribution in [0.3, 0.4) is 0 Å². The van der Waals surface area contributed by atoms with Gasteiger partial charge in [0.1, 0.15) is 5.75 Å². The van der Waals surface area contributed by atoms with Crippen molar-refractivity contribution in [2.24, 2.45) is 0 Å². The fourth-order valence-corrected chi connectivity index (χ4v) is 1.69. The monoisotopic (exact) mass is 229 g/mol. The molecule has 1 N–H and O–H groups in total. The van der Waals surface area contributed by atoms with Crippen molar-refractivity contribution < 1.29 is 9.84 Å². The van der Waals surface area contributed by atoms with Crippen LogP contribution in [0.4, 0.5) is 0 Å². The number of aromatic nitrogens is 1. The van der Waals surface area contributed by atoms with E-state index in [4.69, 9.17) is 4.74 Å². The highest BCUT2D eigenvalue weighted by molar-refractivity contribution is 5.29. The molecular formula is C14H15NO2. The number of benzene rings is 1. The number of rotatable bonds is 4. The van der Waals surface area contributed by atoms with Crippen LogP contribution in [-0.2, 0) is 6.42 Å². The van der Waals surface area contributed by atoms with Gasteiger partial charge in [0.25, 0.3) is 0 Å². The highest BCUT2D eigenvalue weighted by Gasteiger charge is 2.08. The fraction of sp³-hybridized carbons (Fsp3) is 0.214. The molecule has 1 atom stereocenters. The molecule has 0 aliphatic heterocycles. The van der Waals surface area contributed by atoms with Crippen molar-refractivity contribution in [3.05, 3.63) is 59.9 Å². The highest BCUT2D eigenvalue weighted by atomic mass is 16.5. The summed E-state index contributed by atoms with van der Waals surface area (Å²) in [6.45, 7) is 0. The molecule has 0 fully saturated rings. The van der Waals surface area contributed by atoms with Gasteiger partial charge in [0.15, 0.2) is 0 Å². The molecule has 1 aromatic carbocycles. The van der Waals surface area contributed by atoms with Crippen molar-refractivity contribution in [3.63, 3.8) is 0 Å². The van der Waals surface area contributed by atoms with Crippen molar-refractivity contribution in [1.29, 1.82) is 0 Å². The molecule has 0 bridgehead atoms. The zero-order valence-corrected chi connectivity index (χ0v) is 9.71. The molecule has 0 amide bonds. The lowest BCUT2D eigenvalue weighted by atomic mass is 10.0. The van der Waals surface area contributed by atoms with Gasteiger partial charge in [0.2, 0.25) is 0 Å². The molecule has 2 aromatic rings. The Morgan fingerprint density at radius 2 is 1.76 bits per heavy atom. The molecule has 2 rings (SSSR count). The number of aliphatic hydroxyl groups excluding tert-OH is 1. The predicted molar refractivity (Wildman–Crippen MR) is 65.9 cm³/mol. The highest BCUT2D eigenvalue weighted by Crippen LogP contribution is 2.20. The first kappa shape index (κ1) is 11.6. The molecule has 17 heavy (non-hydrogen) atoms. The van der Waals surface area contributed by atoms with Gasteiger partial charge in [-0.15, -0.1) is 0 Å². The lowest BCUT2D eigenvalue weighted by Crippen LogP contribution is -2.01. The van der Waals surface area contributed by atoms with Crippen LogP contribution in [0.2, 0.25) is 0 Å². The van der Waals surface area contributed by atoms with Crippen molar-refractivity contribution in [2.75, 3.05) is 7.11 Å². The van der Waals surface area contributed by atoms with Crippen LogP contribution in [-0.4, -0.2) is 17.2 Å². The van der Waals surface area contributed by atoms with Crippen LogP contribution < -0.4 is 4.74 Å². The average molecular weight is 229 g/mol. The van der Waals surface area contributed by atoms with Crippen molar-refractivity contribution in [3.8, 4) is 5.75 Å². The van der Waals surface area contributed by atoms with Crippen LogP contribution in [0, 0.1) is 0 Å². The zero-order chi connectivity index (χ0) is 12.1. The minimum absolute atomic E-state index is 0.497. The third-order valence-electron chi connectivity index (χ3n) is 2.68. The van der Waals surface area contributed by atoms with E-state index in [1.54, 1.807) is 19.5 Å². The summed E-state index contributed by atoms with van der Waals surface area (Å²) in [6.07, 6.45) is 3.56. The smallest absolute Gasteiger partial charge is 0.118 e. The van der Waals surface area contributed by atoms with Crippen molar-refractivity contribution in [1.82, 2.24) is 4.98 Å². The number of pyridine rings is 1. The summed E-state index contributed by atoms with van der Waals surface area (Å²) < 4.78 is 5.08. The van der Waals surface area contributed by atoms with Crippen molar-refractivity contribution in [2.45, 2.75) is 12.5 Å². The van der Waals surface area contributed by atoms with Crippen LogP contribution in [0.15, 0.2) is 48.8 Å². The molecular weight excluding hydrogens is 214 g/mol. The third kappa shape index (κ3) is 3.04. The van der Waals surface area contributed by atoms with E-state index in [1.165, 1.54) is 0 Å². The molecule has 1 unspecified atom stereocenters. The lowest BCUT2D eigenvalue weighted by Gasteiger charge is -2.11. The van der Waals surface area contributed by atoms with Gasteiger partial charge in [-0.2, -0.15) is 0 Å². The summed E-state index contributed by atoms with van der Waals surface area (Å²) in [5.74, 6) is 0.796. The van der Waals surface area contributed by atoms with E-state index < -0.39 is 6.10 Å². The number of hydrogen-bond acceptors (Lipinski definition) is 3. The maximum atomic E-state index is 10.1. The first-order valence-electron chi connectivity index (χ1n) is 5.50. The van der Waals surface area contributed by atoms with E-state index in [0.717, 1.165) is 16.9 Å². The molecule has 88 valence electrons. The second-order valence-electron chi connectivity index (χ2n) is 3.85. The molecule has 0 saturated carbocycles. The van der Waals surface area contributed by atoms with Gasteiger partial charge in [-0.05, 0) is 35.4 Å². The fourth-order valence-electron chi connectivity index (χ4n) is 1.69. The maximum absolute atomic E-state index is 10.1. The second kappa shape index (κ2) is 5.46. The summed E-state index contributed by atoms with van der Waals surface area (Å²) in [5, 5.41) is 10.1. The van der Waals surface area contributed by atoms with Crippen LogP contribution in [0.25, 0.3) is 0 Å². The number of methoxy groups -OCH3 is 1. The largest absolute Gasteiger partial charge is 0.497 e. The topological polar surface area (TPSA) is 42.4 Å². The van der Waals surface area contributed by atoms with Gasteiger partial charge in [0, 0.05) is 18.8 Å². The maximum Gasteiger partial charge on any atom is 0.118 e. The Bertz CT molecular complexity index is 453. The Morgan fingerprint density at radius 1 is 1.12 bits per heavy atom. The van der Waals surface area contributed by atoms with E-state index >= 15 is 0 Å². The summed E-state index contributed by atoms with van der Waals surface area (Å²) in [6, 6.07) is 11.3. The first-order chi connectivity index (χ1) is 8.29. The summed E-state index contributed by atoms with van der Waals surface area (Å²) in [5.41, 5.74) is 1.96. The van der Waals surface area contributed by atoms with E-state index in [1.807, 2.05) is 36.4 Å². The van der Waals surface area contributed by atoms with Crippen LogP contribution in [0.1, 0.15) is 17.2 Å². The molecule has 1 aromatic heterocycles. The molecule has 3 heteroatoms. The van der Waals surface area contributed by atoms with Gasteiger partial charge in [0.05, 0.1) is 13.2 Å². The third-order valence-corrected chi connectivity index (χ3v) is 2.68. The zero-order valence-electron chi connectivity index (χ0n) is 9.71. The Balaban J connectivity index is 2.06. The molecule has 0 radical (unpaired) electrons. The molecule has 0 saturated heterocycles. The SMILES string of the molecule is COc1ccc(C(O)Cc2ccncc2)cc1. The lowest BCUT2D eigenvalue weighted by molar-refractivity contribution is 0.178. The van der Waals surface area contributed by atoms with E-state index in [0.29, 0.717) is 6.42 Å². The Labute approximate surface area is 101 Å².